The second-order valence-corrected chi connectivity index (χ2v) is 5.73. The number of aliphatic carboxylic acids is 1. The van der Waals surface area contributed by atoms with E-state index in [4.69, 9.17) is 9.84 Å². The third-order valence-electron chi connectivity index (χ3n) is 3.35. The quantitative estimate of drug-likeness (QED) is 0.568. The van der Waals surface area contributed by atoms with E-state index in [0.29, 0.717) is 13.0 Å². The van der Waals surface area contributed by atoms with Gasteiger partial charge in [-0.15, -0.1) is 0 Å². The molecule has 0 aliphatic carbocycles. The summed E-state index contributed by atoms with van der Waals surface area (Å²) in [5.41, 5.74) is 0. The number of hydrogen-bond acceptors (Lipinski definition) is 4. The van der Waals surface area contributed by atoms with E-state index in [-0.39, 0.29) is 5.92 Å². The second kappa shape index (κ2) is 9.57. The summed E-state index contributed by atoms with van der Waals surface area (Å²) in [5.74, 6) is -0.778. The minimum absolute atomic E-state index is 0.215. The van der Waals surface area contributed by atoms with E-state index < -0.39 is 18.0 Å². The van der Waals surface area contributed by atoms with Crippen LogP contribution < -0.4 is 10.6 Å². The van der Waals surface area contributed by atoms with Crippen LogP contribution in [-0.4, -0.2) is 67.4 Å². The van der Waals surface area contributed by atoms with Crippen molar-refractivity contribution in [3.8, 4) is 0 Å². The lowest BCUT2D eigenvalue weighted by atomic mass is 10.0. The van der Waals surface area contributed by atoms with Crippen LogP contribution in [0, 0.1) is 5.92 Å². The molecule has 7 heteroatoms. The summed E-state index contributed by atoms with van der Waals surface area (Å²) in [6.45, 7) is 8.71. The number of urea groups is 1. The summed E-state index contributed by atoms with van der Waals surface area (Å²) in [6.07, 6.45) is 1.27. The Kier molecular flexibility index (Phi) is 8.07. The first-order valence-electron chi connectivity index (χ1n) is 7.56. The SMILES string of the molecule is CC(C)CC(NC(=O)NCCCN1CCOCC1)C(=O)O. The van der Waals surface area contributed by atoms with E-state index >= 15 is 0 Å². The largest absolute Gasteiger partial charge is 0.480 e. The van der Waals surface area contributed by atoms with Crippen molar-refractivity contribution in [1.29, 1.82) is 0 Å². The molecule has 1 unspecified atom stereocenters. The van der Waals surface area contributed by atoms with Gasteiger partial charge in [0.1, 0.15) is 6.04 Å². The number of carbonyl (C=O) groups is 2. The zero-order valence-electron chi connectivity index (χ0n) is 12.9. The van der Waals surface area contributed by atoms with Gasteiger partial charge < -0.3 is 20.5 Å². The van der Waals surface area contributed by atoms with Crippen molar-refractivity contribution >= 4 is 12.0 Å². The molecule has 1 heterocycles. The zero-order chi connectivity index (χ0) is 15.7. The fourth-order valence-corrected chi connectivity index (χ4v) is 2.23. The fourth-order valence-electron chi connectivity index (χ4n) is 2.23. The van der Waals surface area contributed by atoms with Gasteiger partial charge in [-0.3, -0.25) is 4.90 Å². The number of carboxylic acid groups (broad SMARTS) is 1. The van der Waals surface area contributed by atoms with Gasteiger partial charge >= 0.3 is 12.0 Å². The molecule has 1 aliphatic heterocycles. The summed E-state index contributed by atoms with van der Waals surface area (Å²) < 4.78 is 5.26. The molecule has 1 atom stereocenters. The maximum atomic E-state index is 11.7. The predicted octanol–water partition coefficient (Wildman–Crippen LogP) is 0.507. The maximum Gasteiger partial charge on any atom is 0.326 e. The smallest absolute Gasteiger partial charge is 0.326 e. The minimum Gasteiger partial charge on any atom is -0.480 e. The lowest BCUT2D eigenvalue weighted by Gasteiger charge is -2.26. The average Bonchev–Trinajstić information content (AvgIpc) is 2.43. The standard InChI is InChI=1S/C14H27N3O4/c1-11(2)10-12(13(18)19)16-14(20)15-4-3-5-17-6-8-21-9-7-17/h11-12H,3-10H2,1-2H3,(H,18,19)(H2,15,16,20). The van der Waals surface area contributed by atoms with Crippen LogP contribution in [0.4, 0.5) is 4.79 Å². The minimum atomic E-state index is -0.993. The average molecular weight is 301 g/mol. The van der Waals surface area contributed by atoms with Crippen LogP contribution in [0.2, 0.25) is 0 Å². The van der Waals surface area contributed by atoms with Gasteiger partial charge in [-0.25, -0.2) is 9.59 Å². The molecule has 0 bridgehead atoms. The first kappa shape index (κ1) is 17.7. The molecule has 0 saturated carbocycles. The van der Waals surface area contributed by atoms with Crippen LogP contribution in [0.5, 0.6) is 0 Å². The fraction of sp³-hybridized carbons (Fsp3) is 0.857. The Morgan fingerprint density at radius 1 is 1.29 bits per heavy atom. The highest BCUT2D eigenvalue weighted by molar-refractivity contribution is 5.82. The van der Waals surface area contributed by atoms with Crippen molar-refractivity contribution in [2.45, 2.75) is 32.7 Å². The molecule has 0 aromatic carbocycles. The molecule has 7 nitrogen and oxygen atoms in total. The third kappa shape index (κ3) is 7.87. The lowest BCUT2D eigenvalue weighted by Crippen LogP contribution is -2.47. The van der Waals surface area contributed by atoms with Crippen molar-refractivity contribution in [2.24, 2.45) is 5.92 Å². The number of carboxylic acids is 1. The van der Waals surface area contributed by atoms with Gasteiger partial charge in [0.05, 0.1) is 13.2 Å². The third-order valence-corrected chi connectivity index (χ3v) is 3.35. The van der Waals surface area contributed by atoms with Crippen LogP contribution in [-0.2, 0) is 9.53 Å². The van der Waals surface area contributed by atoms with Crippen molar-refractivity contribution in [3.63, 3.8) is 0 Å². The first-order chi connectivity index (χ1) is 9.99. The molecule has 1 rings (SSSR count). The summed E-state index contributed by atoms with van der Waals surface area (Å²) in [5, 5.41) is 14.3. The van der Waals surface area contributed by atoms with Crippen molar-refractivity contribution in [1.82, 2.24) is 15.5 Å². The monoisotopic (exact) mass is 301 g/mol. The van der Waals surface area contributed by atoms with Crippen LogP contribution in [0.15, 0.2) is 0 Å². The Bertz CT molecular complexity index is 330. The first-order valence-corrected chi connectivity index (χ1v) is 7.56. The molecule has 21 heavy (non-hydrogen) atoms. The number of rotatable bonds is 8. The van der Waals surface area contributed by atoms with Gasteiger partial charge in [0.25, 0.3) is 0 Å². The van der Waals surface area contributed by atoms with Crippen molar-refractivity contribution in [2.75, 3.05) is 39.4 Å². The Hall–Kier alpha value is -1.34. The number of nitrogens with zero attached hydrogens (tertiary/aromatic N) is 1. The van der Waals surface area contributed by atoms with Gasteiger partial charge in [-0.2, -0.15) is 0 Å². The highest BCUT2D eigenvalue weighted by atomic mass is 16.5. The van der Waals surface area contributed by atoms with E-state index in [1.165, 1.54) is 0 Å². The molecule has 0 aromatic heterocycles. The number of nitrogens with one attached hydrogen (secondary N) is 2. The van der Waals surface area contributed by atoms with Crippen molar-refractivity contribution in [3.05, 3.63) is 0 Å². The van der Waals surface area contributed by atoms with E-state index in [9.17, 15) is 9.59 Å². The number of ether oxygens (including phenoxy) is 1. The van der Waals surface area contributed by atoms with Crippen LogP contribution >= 0.6 is 0 Å². The predicted molar refractivity (Wildman–Crippen MR) is 79.3 cm³/mol. The zero-order valence-corrected chi connectivity index (χ0v) is 12.9. The van der Waals surface area contributed by atoms with Gasteiger partial charge in [-0.05, 0) is 25.3 Å². The molecule has 0 aromatic rings. The van der Waals surface area contributed by atoms with Gasteiger partial charge in [0.15, 0.2) is 0 Å². The van der Waals surface area contributed by atoms with E-state index in [0.717, 1.165) is 39.3 Å². The molecule has 1 fully saturated rings. The molecule has 0 radical (unpaired) electrons. The Morgan fingerprint density at radius 3 is 2.52 bits per heavy atom. The molecule has 2 amide bonds. The summed E-state index contributed by atoms with van der Waals surface area (Å²) in [6, 6.07) is -1.24. The molecule has 122 valence electrons. The summed E-state index contributed by atoms with van der Waals surface area (Å²) in [7, 11) is 0. The number of amides is 2. The van der Waals surface area contributed by atoms with Crippen LogP contribution in [0.1, 0.15) is 26.7 Å². The molecular weight excluding hydrogens is 274 g/mol. The maximum absolute atomic E-state index is 11.7. The van der Waals surface area contributed by atoms with Gasteiger partial charge in [0, 0.05) is 19.6 Å². The normalized spacial score (nSPS) is 17.5. The molecule has 1 saturated heterocycles. The van der Waals surface area contributed by atoms with E-state index in [2.05, 4.69) is 15.5 Å². The lowest BCUT2D eigenvalue weighted by molar-refractivity contribution is -0.139. The topological polar surface area (TPSA) is 90.9 Å². The van der Waals surface area contributed by atoms with Crippen molar-refractivity contribution < 1.29 is 19.4 Å². The Morgan fingerprint density at radius 2 is 1.95 bits per heavy atom. The Labute approximate surface area is 126 Å². The van der Waals surface area contributed by atoms with Crippen LogP contribution in [0.3, 0.4) is 0 Å². The second-order valence-electron chi connectivity index (χ2n) is 5.73. The number of hydrogen-bond donors (Lipinski definition) is 3. The number of carbonyl (C=O) groups excluding carboxylic acids is 1. The molecule has 0 spiro atoms. The number of morpholine rings is 1. The van der Waals surface area contributed by atoms with Gasteiger partial charge in [0.2, 0.25) is 0 Å². The molecule has 3 N–H and O–H groups in total. The molecule has 1 aliphatic rings. The van der Waals surface area contributed by atoms with E-state index in [1.54, 1.807) is 0 Å². The highest BCUT2D eigenvalue weighted by Gasteiger charge is 2.20. The summed E-state index contributed by atoms with van der Waals surface area (Å²) >= 11 is 0. The van der Waals surface area contributed by atoms with Gasteiger partial charge in [-0.1, -0.05) is 13.8 Å². The van der Waals surface area contributed by atoms with Crippen LogP contribution in [0.25, 0.3) is 0 Å². The highest BCUT2D eigenvalue weighted by Crippen LogP contribution is 2.04. The van der Waals surface area contributed by atoms with E-state index in [1.807, 2.05) is 13.8 Å². The Balaban J connectivity index is 2.15. The summed E-state index contributed by atoms with van der Waals surface area (Å²) in [4.78, 5) is 25.0. The molecular formula is C14H27N3O4.